The summed E-state index contributed by atoms with van der Waals surface area (Å²) >= 11 is 0. The lowest BCUT2D eigenvalue weighted by Gasteiger charge is -2.40. The van der Waals surface area contributed by atoms with Crippen LogP contribution in [-0.2, 0) is 6.42 Å². The Labute approximate surface area is 185 Å². The highest BCUT2D eigenvalue weighted by Gasteiger charge is 2.35. The predicted octanol–water partition coefficient (Wildman–Crippen LogP) is 4.56. The van der Waals surface area contributed by atoms with Crippen molar-refractivity contribution in [3.8, 4) is 12.3 Å². The topological polar surface area (TPSA) is 70.1 Å². The van der Waals surface area contributed by atoms with Gasteiger partial charge < -0.3 is 15.7 Å². The summed E-state index contributed by atoms with van der Waals surface area (Å²) < 4.78 is 0. The zero-order valence-electron chi connectivity index (χ0n) is 18.7. The third-order valence-corrected chi connectivity index (χ3v) is 6.60. The molecule has 2 aromatic rings. The fourth-order valence-electron chi connectivity index (χ4n) is 4.72. The van der Waals surface area contributed by atoms with Crippen LogP contribution in [0.3, 0.4) is 0 Å². The molecule has 3 N–H and O–H groups in total. The van der Waals surface area contributed by atoms with Crippen molar-refractivity contribution in [1.82, 2.24) is 9.97 Å². The van der Waals surface area contributed by atoms with Crippen molar-refractivity contribution in [2.24, 2.45) is 5.41 Å². The maximum Gasteiger partial charge on any atom is 0.224 e. The van der Waals surface area contributed by atoms with Gasteiger partial charge in [0.2, 0.25) is 5.95 Å². The van der Waals surface area contributed by atoms with E-state index >= 15 is 0 Å². The lowest BCUT2D eigenvalue weighted by molar-refractivity contribution is 0.00926. The van der Waals surface area contributed by atoms with E-state index in [0.717, 1.165) is 38.6 Å². The van der Waals surface area contributed by atoms with E-state index in [1.54, 1.807) is 6.20 Å². The molecule has 2 atom stereocenters. The first kappa shape index (κ1) is 21.4. The van der Waals surface area contributed by atoms with Crippen LogP contribution < -0.4 is 10.6 Å². The number of hydrogen-bond donors (Lipinski definition) is 3. The summed E-state index contributed by atoms with van der Waals surface area (Å²) in [5.74, 6) is 3.96. The number of nitrogens with one attached hydrogen (secondary N) is 2. The number of nitrogens with zero attached hydrogens (tertiary/aromatic N) is 2. The van der Waals surface area contributed by atoms with Gasteiger partial charge in [0.1, 0.15) is 5.82 Å². The van der Waals surface area contributed by atoms with Crippen molar-refractivity contribution in [3.05, 3.63) is 52.7 Å². The van der Waals surface area contributed by atoms with Crippen molar-refractivity contribution in [2.45, 2.75) is 65.0 Å². The molecule has 0 radical (unpaired) electrons. The summed E-state index contributed by atoms with van der Waals surface area (Å²) in [6, 6.07) is 6.91. The molecule has 0 spiro atoms. The molecule has 0 aliphatic heterocycles. The van der Waals surface area contributed by atoms with E-state index in [4.69, 9.17) is 6.42 Å². The summed E-state index contributed by atoms with van der Waals surface area (Å²) in [5.41, 5.74) is 6.01. The van der Waals surface area contributed by atoms with Gasteiger partial charge in [-0.3, -0.25) is 0 Å². The number of terminal acetylenes is 1. The normalized spacial score (nSPS) is 21.7. The summed E-state index contributed by atoms with van der Waals surface area (Å²) in [6.07, 6.45) is 13.9. The molecular weight excluding hydrogens is 384 g/mol. The van der Waals surface area contributed by atoms with Crippen molar-refractivity contribution >= 4 is 17.3 Å². The smallest absolute Gasteiger partial charge is 0.224 e. The number of aryl methyl sites for hydroxylation is 1. The molecule has 1 aromatic heterocycles. The highest BCUT2D eigenvalue weighted by molar-refractivity contribution is 5.73. The highest BCUT2D eigenvalue weighted by Crippen LogP contribution is 2.37. The van der Waals surface area contributed by atoms with Gasteiger partial charge in [0.05, 0.1) is 17.9 Å². The number of fused-ring (bicyclic) bond motifs is 1. The summed E-state index contributed by atoms with van der Waals surface area (Å²) in [4.78, 5) is 9.07. The summed E-state index contributed by atoms with van der Waals surface area (Å²) in [7, 11) is 0. The largest absolute Gasteiger partial charge is 0.393 e. The molecular formula is C26H32N4O. The van der Waals surface area contributed by atoms with Crippen LogP contribution in [0.25, 0.3) is 5.57 Å². The predicted molar refractivity (Wildman–Crippen MR) is 127 cm³/mol. The number of rotatable bonds is 6. The third-order valence-electron chi connectivity index (χ3n) is 6.60. The summed E-state index contributed by atoms with van der Waals surface area (Å²) in [5, 5.41) is 17.1. The summed E-state index contributed by atoms with van der Waals surface area (Å²) in [6.45, 7) is 7.12. The number of aromatic nitrogens is 2. The quantitative estimate of drug-likeness (QED) is 0.602. The van der Waals surface area contributed by atoms with Crippen LogP contribution in [0, 0.1) is 24.7 Å². The van der Waals surface area contributed by atoms with Crippen LogP contribution in [-0.4, -0.2) is 33.8 Å². The molecule has 0 saturated heterocycles. The van der Waals surface area contributed by atoms with E-state index in [1.807, 2.05) is 0 Å². The van der Waals surface area contributed by atoms with Gasteiger partial charge in [-0.15, -0.1) is 6.42 Å². The van der Waals surface area contributed by atoms with Crippen molar-refractivity contribution in [2.75, 3.05) is 17.2 Å². The molecule has 1 fully saturated rings. The fraction of sp³-hybridized carbons (Fsp3) is 0.462. The molecule has 31 heavy (non-hydrogen) atoms. The standard InChI is InChI=1S/C26H32N4O/c1-5-18-16-28-25(30-24(18)29-21-9-11-23(31)26(3,4)15-21)27-13-12-19-7-8-20-14-17(2)6-10-22(19)20/h1,6-7,10,14,16,21,23,31H,8-9,11-13,15H2,2-4H3,(H2,27,28,29,30)/t21-,23+/m1/s1. The zero-order valence-corrected chi connectivity index (χ0v) is 18.7. The highest BCUT2D eigenvalue weighted by atomic mass is 16.3. The van der Waals surface area contributed by atoms with Crippen LogP contribution in [0.4, 0.5) is 11.8 Å². The minimum Gasteiger partial charge on any atom is -0.393 e. The number of benzene rings is 1. The molecule has 1 heterocycles. The first-order valence-electron chi connectivity index (χ1n) is 11.2. The molecule has 2 aliphatic carbocycles. The number of aliphatic hydroxyl groups excluding tert-OH is 1. The molecule has 0 bridgehead atoms. The van der Waals surface area contributed by atoms with E-state index in [0.29, 0.717) is 17.3 Å². The average Bonchev–Trinajstić information content (AvgIpc) is 3.13. The Morgan fingerprint density at radius 2 is 2.13 bits per heavy atom. The van der Waals surface area contributed by atoms with Crippen LogP contribution >= 0.6 is 0 Å². The van der Waals surface area contributed by atoms with Gasteiger partial charge in [-0.1, -0.05) is 49.6 Å². The Kier molecular flexibility index (Phi) is 6.02. The Hall–Kier alpha value is -2.84. The maximum atomic E-state index is 10.2. The zero-order chi connectivity index (χ0) is 22.0. The minimum atomic E-state index is -0.265. The van der Waals surface area contributed by atoms with Crippen molar-refractivity contribution in [1.29, 1.82) is 0 Å². The van der Waals surface area contributed by atoms with E-state index in [-0.39, 0.29) is 17.6 Å². The van der Waals surface area contributed by atoms with Gasteiger partial charge in [-0.05, 0) is 61.1 Å². The SMILES string of the molecule is C#Cc1cnc(NCCC2=CCc3cc(C)ccc32)nc1N[C@@H]1CC[C@H](O)C(C)(C)C1. The molecule has 5 heteroatoms. The van der Waals surface area contributed by atoms with E-state index in [2.05, 4.69) is 71.6 Å². The fourth-order valence-corrected chi connectivity index (χ4v) is 4.72. The second-order valence-corrected chi connectivity index (χ2v) is 9.50. The van der Waals surface area contributed by atoms with Crippen molar-refractivity contribution in [3.63, 3.8) is 0 Å². The molecule has 4 rings (SSSR count). The number of allylic oxidation sites excluding steroid dienone is 1. The van der Waals surface area contributed by atoms with Crippen molar-refractivity contribution < 1.29 is 5.11 Å². The second kappa shape index (κ2) is 8.72. The van der Waals surface area contributed by atoms with Crippen LogP contribution in [0.15, 0.2) is 30.5 Å². The van der Waals surface area contributed by atoms with Crippen LogP contribution in [0.5, 0.6) is 0 Å². The van der Waals surface area contributed by atoms with E-state index in [9.17, 15) is 5.11 Å². The van der Waals surface area contributed by atoms with Gasteiger partial charge in [0.15, 0.2) is 0 Å². The van der Waals surface area contributed by atoms with Gasteiger partial charge in [-0.25, -0.2) is 4.98 Å². The lowest BCUT2D eigenvalue weighted by atomic mass is 9.73. The van der Waals surface area contributed by atoms with E-state index < -0.39 is 0 Å². The second-order valence-electron chi connectivity index (χ2n) is 9.50. The Morgan fingerprint density at radius 1 is 1.29 bits per heavy atom. The van der Waals surface area contributed by atoms with Gasteiger partial charge in [0, 0.05) is 12.6 Å². The molecule has 1 saturated carbocycles. The molecule has 2 aliphatic rings. The maximum absolute atomic E-state index is 10.2. The Balaban J connectivity index is 1.39. The monoisotopic (exact) mass is 416 g/mol. The molecule has 162 valence electrons. The third kappa shape index (κ3) is 4.75. The molecule has 0 unspecified atom stereocenters. The number of hydrogen-bond acceptors (Lipinski definition) is 5. The molecule has 0 amide bonds. The first-order chi connectivity index (χ1) is 14.9. The lowest BCUT2D eigenvalue weighted by Crippen LogP contribution is -2.41. The average molecular weight is 417 g/mol. The Morgan fingerprint density at radius 3 is 2.90 bits per heavy atom. The molecule has 1 aromatic carbocycles. The van der Waals surface area contributed by atoms with E-state index in [1.165, 1.54) is 22.3 Å². The van der Waals surface area contributed by atoms with Gasteiger partial charge in [-0.2, -0.15) is 4.98 Å². The number of anilines is 2. The van der Waals surface area contributed by atoms with Crippen LogP contribution in [0.1, 0.15) is 61.8 Å². The number of aliphatic hydroxyl groups is 1. The Bertz CT molecular complexity index is 1030. The first-order valence-corrected chi connectivity index (χ1v) is 11.2. The van der Waals surface area contributed by atoms with Gasteiger partial charge in [0.25, 0.3) is 0 Å². The van der Waals surface area contributed by atoms with Gasteiger partial charge >= 0.3 is 0 Å². The van der Waals surface area contributed by atoms with Crippen LogP contribution in [0.2, 0.25) is 0 Å². The minimum absolute atomic E-state index is 0.121. The molecule has 5 nitrogen and oxygen atoms in total.